The number of aryl methyl sites for hydroxylation is 1. The van der Waals surface area contributed by atoms with Crippen LogP contribution in [-0.2, 0) is 16.4 Å². The zero-order valence-corrected chi connectivity index (χ0v) is 14.1. The van der Waals surface area contributed by atoms with E-state index in [4.69, 9.17) is 0 Å². The van der Waals surface area contributed by atoms with Crippen molar-refractivity contribution in [2.24, 2.45) is 0 Å². The maximum absolute atomic E-state index is 12.9. The van der Waals surface area contributed by atoms with Crippen molar-refractivity contribution in [2.75, 3.05) is 7.05 Å². The quantitative estimate of drug-likeness (QED) is 0.628. The standard InChI is InChI=1S/C17H18N2O4S/c1-18(17-8-4-6-13-5-2-3-7-16(13)17)24(22,23)15-11-9-14(10-12-15)19(20)21/h2-3,5,7,9-12,17H,4,6,8H2,1H3/t17-/m0/s1. The Kier molecular flexibility index (Phi) is 4.38. The van der Waals surface area contributed by atoms with Gasteiger partial charge in [-0.25, -0.2) is 8.42 Å². The van der Waals surface area contributed by atoms with E-state index in [9.17, 15) is 18.5 Å². The maximum Gasteiger partial charge on any atom is 0.269 e. The fourth-order valence-electron chi connectivity index (χ4n) is 3.18. The molecule has 0 saturated carbocycles. The second kappa shape index (κ2) is 6.33. The molecule has 0 unspecified atom stereocenters. The number of benzene rings is 2. The van der Waals surface area contributed by atoms with Crippen molar-refractivity contribution in [1.29, 1.82) is 0 Å². The second-order valence-electron chi connectivity index (χ2n) is 5.88. The summed E-state index contributed by atoms with van der Waals surface area (Å²) < 4.78 is 27.1. The molecule has 0 saturated heterocycles. The fourth-order valence-corrected chi connectivity index (χ4v) is 4.55. The van der Waals surface area contributed by atoms with Gasteiger partial charge in [0.2, 0.25) is 10.0 Å². The van der Waals surface area contributed by atoms with Crippen molar-refractivity contribution in [1.82, 2.24) is 4.31 Å². The Balaban J connectivity index is 1.94. The first-order chi connectivity index (χ1) is 11.4. The van der Waals surface area contributed by atoms with Crippen molar-refractivity contribution >= 4 is 15.7 Å². The number of sulfonamides is 1. The maximum atomic E-state index is 12.9. The molecule has 24 heavy (non-hydrogen) atoms. The first-order valence-corrected chi connectivity index (χ1v) is 9.15. The number of nitro groups is 1. The number of hydrogen-bond acceptors (Lipinski definition) is 4. The summed E-state index contributed by atoms with van der Waals surface area (Å²) in [6, 6.07) is 12.7. The third-order valence-corrected chi connectivity index (χ3v) is 6.38. The molecule has 0 N–H and O–H groups in total. The highest BCUT2D eigenvalue weighted by atomic mass is 32.2. The molecule has 0 amide bonds. The lowest BCUT2D eigenvalue weighted by molar-refractivity contribution is -0.384. The van der Waals surface area contributed by atoms with Gasteiger partial charge in [-0.05, 0) is 42.5 Å². The molecule has 0 spiro atoms. The Morgan fingerprint density at radius 2 is 1.79 bits per heavy atom. The van der Waals surface area contributed by atoms with E-state index in [1.807, 2.05) is 24.3 Å². The molecule has 0 aromatic heterocycles. The third-order valence-electron chi connectivity index (χ3n) is 4.50. The summed E-state index contributed by atoms with van der Waals surface area (Å²) in [6.07, 6.45) is 2.65. The van der Waals surface area contributed by atoms with Crippen LogP contribution in [0.4, 0.5) is 5.69 Å². The van der Waals surface area contributed by atoms with Crippen molar-refractivity contribution in [2.45, 2.75) is 30.2 Å². The van der Waals surface area contributed by atoms with Gasteiger partial charge in [0.1, 0.15) is 0 Å². The largest absolute Gasteiger partial charge is 0.269 e. The van der Waals surface area contributed by atoms with Gasteiger partial charge in [-0.1, -0.05) is 24.3 Å². The van der Waals surface area contributed by atoms with Crippen molar-refractivity contribution in [3.05, 3.63) is 69.8 Å². The van der Waals surface area contributed by atoms with Gasteiger partial charge < -0.3 is 0 Å². The highest BCUT2D eigenvalue weighted by Crippen LogP contribution is 2.36. The molecule has 6 nitrogen and oxygen atoms in total. The molecular formula is C17H18N2O4S. The molecule has 126 valence electrons. The van der Waals surface area contributed by atoms with Gasteiger partial charge in [-0.15, -0.1) is 0 Å². The molecule has 1 aliphatic rings. The van der Waals surface area contributed by atoms with E-state index in [1.54, 1.807) is 7.05 Å². The van der Waals surface area contributed by atoms with E-state index in [2.05, 4.69) is 0 Å². The van der Waals surface area contributed by atoms with Crippen LogP contribution in [0.5, 0.6) is 0 Å². The van der Waals surface area contributed by atoms with Gasteiger partial charge in [-0.2, -0.15) is 4.31 Å². The Bertz CT molecular complexity index is 862. The zero-order chi connectivity index (χ0) is 17.3. The van der Waals surface area contributed by atoms with E-state index in [0.29, 0.717) is 0 Å². The Labute approximate surface area is 140 Å². The minimum Gasteiger partial charge on any atom is -0.258 e. The highest BCUT2D eigenvalue weighted by Gasteiger charge is 2.32. The monoisotopic (exact) mass is 346 g/mol. The van der Waals surface area contributed by atoms with Crippen LogP contribution >= 0.6 is 0 Å². The lowest BCUT2D eigenvalue weighted by atomic mass is 9.88. The average molecular weight is 346 g/mol. The van der Waals surface area contributed by atoms with Crippen LogP contribution in [0.2, 0.25) is 0 Å². The van der Waals surface area contributed by atoms with Crippen LogP contribution in [0.15, 0.2) is 53.4 Å². The van der Waals surface area contributed by atoms with E-state index >= 15 is 0 Å². The van der Waals surface area contributed by atoms with Crippen LogP contribution in [0, 0.1) is 10.1 Å². The van der Waals surface area contributed by atoms with Gasteiger partial charge in [0.25, 0.3) is 5.69 Å². The molecule has 2 aromatic rings. The molecule has 0 fully saturated rings. The van der Waals surface area contributed by atoms with E-state index in [0.717, 1.165) is 24.8 Å². The lowest BCUT2D eigenvalue weighted by Gasteiger charge is -2.32. The van der Waals surface area contributed by atoms with Crippen molar-refractivity contribution < 1.29 is 13.3 Å². The van der Waals surface area contributed by atoms with Crippen LogP contribution in [0.1, 0.15) is 30.0 Å². The van der Waals surface area contributed by atoms with Gasteiger partial charge in [0, 0.05) is 25.2 Å². The SMILES string of the molecule is CN([C@H]1CCCc2ccccc21)S(=O)(=O)c1ccc([N+](=O)[O-])cc1. The summed E-state index contributed by atoms with van der Waals surface area (Å²) in [6.45, 7) is 0. The second-order valence-corrected chi connectivity index (χ2v) is 7.88. The number of nitrogens with zero attached hydrogens (tertiary/aromatic N) is 2. The molecule has 0 aliphatic heterocycles. The normalized spacial score (nSPS) is 17.5. The van der Waals surface area contributed by atoms with E-state index < -0.39 is 14.9 Å². The highest BCUT2D eigenvalue weighted by molar-refractivity contribution is 7.89. The molecule has 1 atom stereocenters. The summed E-state index contributed by atoms with van der Waals surface area (Å²) in [5.74, 6) is 0. The van der Waals surface area contributed by atoms with Gasteiger partial charge >= 0.3 is 0 Å². The van der Waals surface area contributed by atoms with Crippen LogP contribution in [0.3, 0.4) is 0 Å². The molecule has 1 aliphatic carbocycles. The molecule has 2 aromatic carbocycles. The van der Waals surface area contributed by atoms with Crippen LogP contribution < -0.4 is 0 Å². The molecule has 0 bridgehead atoms. The topological polar surface area (TPSA) is 80.5 Å². The summed E-state index contributed by atoms with van der Waals surface area (Å²) >= 11 is 0. The van der Waals surface area contributed by atoms with Gasteiger partial charge in [-0.3, -0.25) is 10.1 Å². The predicted molar refractivity (Wildman–Crippen MR) is 90.2 cm³/mol. The number of hydrogen-bond donors (Lipinski definition) is 0. The zero-order valence-electron chi connectivity index (χ0n) is 13.3. The van der Waals surface area contributed by atoms with E-state index in [1.165, 1.54) is 34.1 Å². The number of non-ortho nitro benzene ring substituents is 1. The number of rotatable bonds is 4. The number of fused-ring (bicyclic) bond motifs is 1. The molecule has 3 rings (SSSR count). The van der Waals surface area contributed by atoms with E-state index in [-0.39, 0.29) is 16.6 Å². The van der Waals surface area contributed by atoms with Crippen molar-refractivity contribution in [3.63, 3.8) is 0 Å². The summed E-state index contributed by atoms with van der Waals surface area (Å²) in [5.41, 5.74) is 2.09. The minimum atomic E-state index is -3.71. The van der Waals surface area contributed by atoms with Gasteiger partial charge in [0.15, 0.2) is 0 Å². The third kappa shape index (κ3) is 2.92. The molecule has 7 heteroatoms. The first kappa shape index (κ1) is 16.6. The fraction of sp³-hybridized carbons (Fsp3) is 0.294. The summed E-state index contributed by atoms with van der Waals surface area (Å²) in [7, 11) is -2.14. The lowest BCUT2D eigenvalue weighted by Crippen LogP contribution is -2.33. The Morgan fingerprint density at radius 1 is 1.12 bits per heavy atom. The summed E-state index contributed by atoms with van der Waals surface area (Å²) in [5, 5.41) is 10.7. The van der Waals surface area contributed by atoms with Crippen LogP contribution in [0.25, 0.3) is 0 Å². The smallest absolute Gasteiger partial charge is 0.258 e. The number of nitro benzene ring substituents is 1. The summed E-state index contributed by atoms with van der Waals surface area (Å²) in [4.78, 5) is 10.3. The average Bonchev–Trinajstić information content (AvgIpc) is 2.60. The minimum absolute atomic E-state index is 0.0682. The van der Waals surface area contributed by atoms with Crippen molar-refractivity contribution in [3.8, 4) is 0 Å². The molecule has 0 heterocycles. The van der Waals surface area contributed by atoms with Gasteiger partial charge in [0.05, 0.1) is 9.82 Å². The molecular weight excluding hydrogens is 328 g/mol. The molecule has 0 radical (unpaired) electrons. The van der Waals surface area contributed by atoms with Crippen LogP contribution in [-0.4, -0.2) is 24.7 Å². The predicted octanol–water partition coefficient (Wildman–Crippen LogP) is 3.29. The first-order valence-electron chi connectivity index (χ1n) is 7.71. The Morgan fingerprint density at radius 3 is 2.46 bits per heavy atom. The Hall–Kier alpha value is -2.25.